The summed E-state index contributed by atoms with van der Waals surface area (Å²) in [7, 11) is 1.14. The Bertz CT molecular complexity index is 400. The summed E-state index contributed by atoms with van der Waals surface area (Å²) < 4.78 is 30.1. The quantitative estimate of drug-likeness (QED) is 0.441. The van der Waals surface area contributed by atoms with E-state index < -0.39 is 18.0 Å². The average molecular weight is 392 g/mol. The summed E-state index contributed by atoms with van der Waals surface area (Å²) in [5, 5.41) is 0. The molecule has 0 aliphatic heterocycles. The number of esters is 1. The Hall–Kier alpha value is -0.310. The smallest absolute Gasteiger partial charge is 0.338 e. The first kappa shape index (κ1) is 12.8. The average Bonchev–Trinajstić information content (AvgIpc) is 2.14. The van der Waals surface area contributed by atoms with E-state index in [9.17, 15) is 13.6 Å². The lowest BCUT2D eigenvalue weighted by molar-refractivity contribution is 0.0588. The Labute approximate surface area is 106 Å². The SMILES string of the molecule is COC(=O)c1cc(Br)nc(I)c1C(F)F. The van der Waals surface area contributed by atoms with Crippen molar-refractivity contribution in [2.45, 2.75) is 6.43 Å². The molecule has 1 rings (SSSR count). The Morgan fingerprint density at radius 1 is 1.67 bits per heavy atom. The largest absolute Gasteiger partial charge is 0.465 e. The van der Waals surface area contributed by atoms with E-state index in [1.165, 1.54) is 6.07 Å². The van der Waals surface area contributed by atoms with Crippen LogP contribution < -0.4 is 0 Å². The van der Waals surface area contributed by atoms with Crippen LogP contribution in [0.1, 0.15) is 22.3 Å². The van der Waals surface area contributed by atoms with Crippen LogP contribution in [-0.2, 0) is 4.74 Å². The summed E-state index contributed by atoms with van der Waals surface area (Å²) in [5.41, 5.74) is -0.565. The maximum Gasteiger partial charge on any atom is 0.338 e. The van der Waals surface area contributed by atoms with Crippen LogP contribution in [0, 0.1) is 3.70 Å². The molecular formula is C8H5BrF2INO2. The highest BCUT2D eigenvalue weighted by Crippen LogP contribution is 2.29. The topological polar surface area (TPSA) is 39.2 Å². The maximum atomic E-state index is 12.6. The number of methoxy groups -OCH3 is 1. The van der Waals surface area contributed by atoms with Crippen molar-refractivity contribution in [2.75, 3.05) is 7.11 Å². The molecule has 15 heavy (non-hydrogen) atoms. The fraction of sp³-hybridized carbons (Fsp3) is 0.250. The molecule has 0 saturated carbocycles. The van der Waals surface area contributed by atoms with Crippen LogP contribution >= 0.6 is 38.5 Å². The summed E-state index contributed by atoms with van der Waals surface area (Å²) in [6.07, 6.45) is -2.76. The van der Waals surface area contributed by atoms with Crippen molar-refractivity contribution in [3.63, 3.8) is 0 Å². The predicted molar refractivity (Wildman–Crippen MR) is 61.0 cm³/mol. The first-order valence-electron chi connectivity index (χ1n) is 3.69. The molecule has 1 aromatic heterocycles. The molecule has 0 aromatic carbocycles. The van der Waals surface area contributed by atoms with Gasteiger partial charge in [-0.3, -0.25) is 0 Å². The van der Waals surface area contributed by atoms with Gasteiger partial charge in [-0.05, 0) is 44.6 Å². The van der Waals surface area contributed by atoms with Gasteiger partial charge in [-0.1, -0.05) is 0 Å². The molecule has 3 nitrogen and oxygen atoms in total. The minimum absolute atomic E-state index is 0.0809. The molecule has 1 heterocycles. The van der Waals surface area contributed by atoms with E-state index in [4.69, 9.17) is 0 Å². The second-order valence-corrected chi connectivity index (χ2v) is 4.32. The number of carbonyl (C=O) groups is 1. The van der Waals surface area contributed by atoms with Gasteiger partial charge in [0.05, 0.1) is 18.2 Å². The summed E-state index contributed by atoms with van der Waals surface area (Å²) >= 11 is 4.67. The lowest BCUT2D eigenvalue weighted by Gasteiger charge is -2.09. The maximum absolute atomic E-state index is 12.6. The molecule has 0 amide bonds. The number of aromatic nitrogens is 1. The van der Waals surface area contributed by atoms with E-state index in [0.717, 1.165) is 7.11 Å². The van der Waals surface area contributed by atoms with Crippen LogP contribution in [0.3, 0.4) is 0 Å². The molecule has 0 radical (unpaired) electrons. The van der Waals surface area contributed by atoms with Crippen LogP contribution in [0.15, 0.2) is 10.7 Å². The molecule has 0 unspecified atom stereocenters. The molecular weight excluding hydrogens is 387 g/mol. The number of hydrogen-bond acceptors (Lipinski definition) is 3. The zero-order chi connectivity index (χ0) is 11.6. The third-order valence-corrected chi connectivity index (χ3v) is 2.83. The fourth-order valence-corrected chi connectivity index (χ4v) is 2.50. The number of hydrogen-bond donors (Lipinski definition) is 0. The normalized spacial score (nSPS) is 10.5. The highest BCUT2D eigenvalue weighted by atomic mass is 127. The van der Waals surface area contributed by atoms with Gasteiger partial charge in [-0.25, -0.2) is 18.6 Å². The van der Waals surface area contributed by atoms with Crippen molar-refractivity contribution < 1.29 is 18.3 Å². The van der Waals surface area contributed by atoms with Gasteiger partial charge < -0.3 is 4.74 Å². The van der Waals surface area contributed by atoms with Crippen LogP contribution in [-0.4, -0.2) is 18.1 Å². The predicted octanol–water partition coefficient (Wildman–Crippen LogP) is 3.17. The van der Waals surface area contributed by atoms with Crippen LogP contribution in [0.5, 0.6) is 0 Å². The van der Waals surface area contributed by atoms with E-state index >= 15 is 0 Å². The van der Waals surface area contributed by atoms with Crippen molar-refractivity contribution in [1.29, 1.82) is 0 Å². The monoisotopic (exact) mass is 391 g/mol. The fourth-order valence-electron chi connectivity index (χ4n) is 0.981. The third-order valence-electron chi connectivity index (χ3n) is 1.60. The van der Waals surface area contributed by atoms with E-state index in [1.54, 1.807) is 22.6 Å². The van der Waals surface area contributed by atoms with E-state index in [-0.39, 0.29) is 9.26 Å². The number of alkyl halides is 2. The molecule has 82 valence electrons. The van der Waals surface area contributed by atoms with Crippen LogP contribution in [0.25, 0.3) is 0 Å². The Morgan fingerprint density at radius 3 is 2.73 bits per heavy atom. The second-order valence-electron chi connectivity index (χ2n) is 2.49. The van der Waals surface area contributed by atoms with E-state index in [1.807, 2.05) is 0 Å². The third kappa shape index (κ3) is 2.83. The molecule has 0 bridgehead atoms. The molecule has 0 saturated heterocycles. The van der Waals surface area contributed by atoms with Crippen molar-refractivity contribution >= 4 is 44.5 Å². The number of pyridine rings is 1. The molecule has 0 aliphatic carbocycles. The van der Waals surface area contributed by atoms with Crippen molar-refractivity contribution in [2.24, 2.45) is 0 Å². The summed E-state index contributed by atoms with van der Waals surface area (Å²) in [4.78, 5) is 15.0. The summed E-state index contributed by atoms with van der Waals surface area (Å²) in [6.45, 7) is 0. The van der Waals surface area contributed by atoms with Gasteiger partial charge in [-0.2, -0.15) is 0 Å². The Morgan fingerprint density at radius 2 is 2.27 bits per heavy atom. The lowest BCUT2D eigenvalue weighted by atomic mass is 10.1. The number of carbonyl (C=O) groups excluding carboxylic acids is 1. The second kappa shape index (κ2) is 5.15. The first-order chi connectivity index (χ1) is 6.97. The first-order valence-corrected chi connectivity index (χ1v) is 5.57. The highest BCUT2D eigenvalue weighted by molar-refractivity contribution is 14.1. The number of halogens is 4. The number of nitrogens with zero attached hydrogens (tertiary/aromatic N) is 1. The van der Waals surface area contributed by atoms with Gasteiger partial charge in [-0.15, -0.1) is 0 Å². The highest BCUT2D eigenvalue weighted by Gasteiger charge is 2.23. The van der Waals surface area contributed by atoms with Gasteiger partial charge >= 0.3 is 5.97 Å². The zero-order valence-corrected chi connectivity index (χ0v) is 11.2. The molecule has 1 aromatic rings. The minimum Gasteiger partial charge on any atom is -0.465 e. The number of rotatable bonds is 2. The summed E-state index contributed by atoms with van der Waals surface area (Å²) in [5.74, 6) is -0.800. The van der Waals surface area contributed by atoms with Crippen LogP contribution in [0.2, 0.25) is 0 Å². The van der Waals surface area contributed by atoms with Crippen molar-refractivity contribution in [3.8, 4) is 0 Å². The molecule has 0 aliphatic rings. The minimum atomic E-state index is -2.76. The van der Waals surface area contributed by atoms with Crippen molar-refractivity contribution in [1.82, 2.24) is 4.98 Å². The van der Waals surface area contributed by atoms with Gasteiger partial charge in [0.15, 0.2) is 0 Å². The molecule has 0 atom stereocenters. The van der Waals surface area contributed by atoms with E-state index in [2.05, 4.69) is 25.7 Å². The zero-order valence-electron chi connectivity index (χ0n) is 7.43. The van der Waals surface area contributed by atoms with Gasteiger partial charge in [0.2, 0.25) is 0 Å². The number of ether oxygens (including phenoxy) is 1. The van der Waals surface area contributed by atoms with Gasteiger partial charge in [0, 0.05) is 0 Å². The molecule has 0 N–H and O–H groups in total. The lowest BCUT2D eigenvalue weighted by Crippen LogP contribution is -2.09. The Kier molecular flexibility index (Phi) is 4.38. The van der Waals surface area contributed by atoms with Crippen molar-refractivity contribution in [3.05, 3.63) is 25.5 Å². The van der Waals surface area contributed by atoms with Crippen LogP contribution in [0.4, 0.5) is 8.78 Å². The molecule has 0 spiro atoms. The Balaban J connectivity index is 3.40. The van der Waals surface area contributed by atoms with E-state index in [0.29, 0.717) is 4.60 Å². The summed E-state index contributed by atoms with van der Waals surface area (Å²) in [6, 6.07) is 1.22. The van der Waals surface area contributed by atoms with Gasteiger partial charge in [0.25, 0.3) is 6.43 Å². The van der Waals surface area contributed by atoms with Gasteiger partial charge in [0.1, 0.15) is 8.30 Å². The standard InChI is InChI=1S/C8H5BrF2INO2/c1-15-8(14)3-2-4(9)13-7(12)5(3)6(10)11/h2,6H,1H3. The molecule has 0 fully saturated rings. The molecule has 7 heteroatoms.